The summed E-state index contributed by atoms with van der Waals surface area (Å²) in [6, 6.07) is 0.400. The SMILES string of the molecule is CC1CN(C2(C)CCOC2)CCC1N. The molecule has 2 N–H and O–H groups in total. The Hall–Kier alpha value is -0.120. The molecule has 0 aromatic rings. The van der Waals surface area contributed by atoms with Gasteiger partial charge in [0.25, 0.3) is 0 Å². The Kier molecular flexibility index (Phi) is 2.82. The summed E-state index contributed by atoms with van der Waals surface area (Å²) in [5, 5.41) is 0. The van der Waals surface area contributed by atoms with Crippen LogP contribution in [0.3, 0.4) is 0 Å². The molecule has 2 saturated heterocycles. The average molecular weight is 198 g/mol. The Bertz CT molecular complexity index is 201. The van der Waals surface area contributed by atoms with Crippen molar-refractivity contribution in [2.75, 3.05) is 26.3 Å². The fraction of sp³-hybridized carbons (Fsp3) is 1.00. The van der Waals surface area contributed by atoms with E-state index in [0.29, 0.717) is 12.0 Å². The summed E-state index contributed by atoms with van der Waals surface area (Å²) in [5.41, 5.74) is 6.31. The molecule has 3 nitrogen and oxygen atoms in total. The molecule has 0 bridgehead atoms. The third-order valence-corrected chi connectivity index (χ3v) is 3.93. The second-order valence-electron chi connectivity index (χ2n) is 5.18. The standard InChI is InChI=1S/C11H22N2O/c1-9-7-13(5-3-10(9)12)11(2)4-6-14-8-11/h9-10H,3-8,12H2,1-2H3. The van der Waals surface area contributed by atoms with E-state index in [4.69, 9.17) is 10.5 Å². The molecule has 2 fully saturated rings. The third kappa shape index (κ3) is 1.81. The van der Waals surface area contributed by atoms with Crippen molar-refractivity contribution >= 4 is 0 Å². The van der Waals surface area contributed by atoms with Gasteiger partial charge in [-0.05, 0) is 25.7 Å². The number of piperidine rings is 1. The fourth-order valence-corrected chi connectivity index (χ4v) is 2.56. The van der Waals surface area contributed by atoms with E-state index < -0.39 is 0 Å². The number of rotatable bonds is 1. The summed E-state index contributed by atoms with van der Waals surface area (Å²) in [4.78, 5) is 2.58. The second kappa shape index (κ2) is 3.80. The first-order valence-electron chi connectivity index (χ1n) is 5.70. The van der Waals surface area contributed by atoms with Gasteiger partial charge in [-0.2, -0.15) is 0 Å². The highest BCUT2D eigenvalue weighted by Crippen LogP contribution is 2.29. The lowest BCUT2D eigenvalue weighted by atomic mass is 9.89. The molecule has 3 heteroatoms. The normalized spacial score (nSPS) is 45.6. The first kappa shape index (κ1) is 10.4. The summed E-state index contributed by atoms with van der Waals surface area (Å²) in [5.74, 6) is 0.626. The Morgan fingerprint density at radius 2 is 2.29 bits per heavy atom. The maximum absolute atomic E-state index is 6.02. The zero-order valence-corrected chi connectivity index (χ0v) is 9.33. The smallest absolute Gasteiger partial charge is 0.0648 e. The molecule has 0 aromatic carbocycles. The lowest BCUT2D eigenvalue weighted by Crippen LogP contribution is -2.55. The second-order valence-corrected chi connectivity index (χ2v) is 5.18. The van der Waals surface area contributed by atoms with Crippen molar-refractivity contribution in [3.05, 3.63) is 0 Å². The molecule has 2 aliphatic rings. The summed E-state index contributed by atoms with van der Waals surface area (Å²) in [6.45, 7) is 8.69. The van der Waals surface area contributed by atoms with E-state index in [1.807, 2.05) is 0 Å². The lowest BCUT2D eigenvalue weighted by Gasteiger charge is -2.44. The fourth-order valence-electron chi connectivity index (χ4n) is 2.56. The number of hydrogen-bond donors (Lipinski definition) is 1. The summed E-state index contributed by atoms with van der Waals surface area (Å²) in [7, 11) is 0. The van der Waals surface area contributed by atoms with E-state index in [9.17, 15) is 0 Å². The Labute approximate surface area is 86.6 Å². The first-order chi connectivity index (χ1) is 6.62. The molecule has 2 rings (SSSR count). The largest absolute Gasteiger partial charge is 0.379 e. The van der Waals surface area contributed by atoms with Crippen LogP contribution in [0.1, 0.15) is 26.7 Å². The van der Waals surface area contributed by atoms with Gasteiger partial charge in [-0.15, -0.1) is 0 Å². The van der Waals surface area contributed by atoms with Gasteiger partial charge in [-0.3, -0.25) is 4.90 Å². The van der Waals surface area contributed by atoms with Crippen LogP contribution in [0.2, 0.25) is 0 Å². The number of ether oxygens (including phenoxy) is 1. The van der Waals surface area contributed by atoms with E-state index >= 15 is 0 Å². The first-order valence-corrected chi connectivity index (χ1v) is 5.70. The molecule has 82 valence electrons. The molecule has 0 amide bonds. The van der Waals surface area contributed by atoms with E-state index in [1.165, 1.54) is 6.42 Å². The highest BCUT2D eigenvalue weighted by molar-refractivity contribution is 4.94. The molecule has 0 aliphatic carbocycles. The molecule has 0 aromatic heterocycles. The van der Waals surface area contributed by atoms with Crippen LogP contribution in [-0.2, 0) is 4.74 Å². The van der Waals surface area contributed by atoms with Crippen LogP contribution >= 0.6 is 0 Å². The van der Waals surface area contributed by atoms with Gasteiger partial charge in [0.1, 0.15) is 0 Å². The number of nitrogens with two attached hydrogens (primary N) is 1. The Balaban J connectivity index is 1.98. The van der Waals surface area contributed by atoms with Gasteiger partial charge in [-0.1, -0.05) is 6.92 Å². The van der Waals surface area contributed by atoms with Gasteiger partial charge in [0, 0.05) is 31.3 Å². The molecule has 2 heterocycles. The zero-order chi connectivity index (χ0) is 10.2. The van der Waals surface area contributed by atoms with Crippen molar-refractivity contribution in [1.29, 1.82) is 0 Å². The molecule has 14 heavy (non-hydrogen) atoms. The van der Waals surface area contributed by atoms with Crippen molar-refractivity contribution in [2.24, 2.45) is 11.7 Å². The Morgan fingerprint density at radius 1 is 1.50 bits per heavy atom. The lowest BCUT2D eigenvalue weighted by molar-refractivity contribution is 0.0393. The topological polar surface area (TPSA) is 38.5 Å². The minimum atomic E-state index is 0.286. The predicted octanol–water partition coefficient (Wildman–Crippen LogP) is 0.835. The number of hydrogen-bond acceptors (Lipinski definition) is 3. The van der Waals surface area contributed by atoms with Crippen LogP contribution < -0.4 is 5.73 Å². The van der Waals surface area contributed by atoms with E-state index in [0.717, 1.165) is 32.7 Å². The van der Waals surface area contributed by atoms with Crippen molar-refractivity contribution in [3.8, 4) is 0 Å². The van der Waals surface area contributed by atoms with Crippen LogP contribution in [0.5, 0.6) is 0 Å². The van der Waals surface area contributed by atoms with Gasteiger partial charge in [0.15, 0.2) is 0 Å². The molecule has 2 aliphatic heterocycles. The monoisotopic (exact) mass is 198 g/mol. The molecule has 3 unspecified atom stereocenters. The maximum Gasteiger partial charge on any atom is 0.0648 e. The summed E-state index contributed by atoms with van der Waals surface area (Å²) >= 11 is 0. The van der Waals surface area contributed by atoms with Gasteiger partial charge in [-0.25, -0.2) is 0 Å². The summed E-state index contributed by atoms with van der Waals surface area (Å²) in [6.07, 6.45) is 2.31. The van der Waals surface area contributed by atoms with Crippen molar-refractivity contribution in [3.63, 3.8) is 0 Å². The quantitative estimate of drug-likeness (QED) is 0.678. The Morgan fingerprint density at radius 3 is 2.86 bits per heavy atom. The van der Waals surface area contributed by atoms with Gasteiger partial charge >= 0.3 is 0 Å². The van der Waals surface area contributed by atoms with Crippen LogP contribution in [0.15, 0.2) is 0 Å². The number of likely N-dealkylation sites (tertiary alicyclic amines) is 1. The van der Waals surface area contributed by atoms with Crippen molar-refractivity contribution < 1.29 is 4.74 Å². The van der Waals surface area contributed by atoms with Gasteiger partial charge in [0.05, 0.1) is 6.61 Å². The summed E-state index contributed by atoms with van der Waals surface area (Å²) < 4.78 is 5.50. The third-order valence-electron chi connectivity index (χ3n) is 3.93. The minimum Gasteiger partial charge on any atom is -0.379 e. The molecule has 0 spiro atoms. The van der Waals surface area contributed by atoms with E-state index in [2.05, 4.69) is 18.7 Å². The van der Waals surface area contributed by atoms with E-state index in [-0.39, 0.29) is 5.54 Å². The maximum atomic E-state index is 6.02. The highest BCUT2D eigenvalue weighted by atomic mass is 16.5. The zero-order valence-electron chi connectivity index (χ0n) is 9.33. The molecule has 0 saturated carbocycles. The highest BCUT2D eigenvalue weighted by Gasteiger charge is 2.38. The molecular formula is C11H22N2O. The molecule has 0 radical (unpaired) electrons. The number of nitrogens with zero attached hydrogens (tertiary/aromatic N) is 1. The predicted molar refractivity (Wildman–Crippen MR) is 57.2 cm³/mol. The molecule has 3 atom stereocenters. The van der Waals surface area contributed by atoms with Crippen LogP contribution in [0.4, 0.5) is 0 Å². The molecular weight excluding hydrogens is 176 g/mol. The van der Waals surface area contributed by atoms with Gasteiger partial charge in [0.2, 0.25) is 0 Å². The minimum absolute atomic E-state index is 0.286. The van der Waals surface area contributed by atoms with Crippen LogP contribution in [0.25, 0.3) is 0 Å². The average Bonchev–Trinajstić information content (AvgIpc) is 2.58. The van der Waals surface area contributed by atoms with Crippen LogP contribution in [0, 0.1) is 5.92 Å². The van der Waals surface area contributed by atoms with Gasteiger partial charge < -0.3 is 10.5 Å². The van der Waals surface area contributed by atoms with Crippen molar-refractivity contribution in [2.45, 2.75) is 38.3 Å². The van der Waals surface area contributed by atoms with Crippen molar-refractivity contribution in [1.82, 2.24) is 4.90 Å². The van der Waals surface area contributed by atoms with E-state index in [1.54, 1.807) is 0 Å². The van der Waals surface area contributed by atoms with Crippen LogP contribution in [-0.4, -0.2) is 42.8 Å².